The highest BCUT2D eigenvalue weighted by Crippen LogP contribution is 2.09. The van der Waals surface area contributed by atoms with Crippen LogP contribution < -0.4 is 10.6 Å². The van der Waals surface area contributed by atoms with Crippen molar-refractivity contribution in [1.29, 1.82) is 0 Å². The van der Waals surface area contributed by atoms with Gasteiger partial charge >= 0.3 is 6.09 Å². The molecule has 0 heterocycles. The number of rotatable bonds is 9. The third-order valence-electron chi connectivity index (χ3n) is 2.79. The maximum Gasteiger partial charge on any atom is 0.410 e. The van der Waals surface area contributed by atoms with E-state index in [1.807, 2.05) is 34.6 Å². The maximum absolute atomic E-state index is 12.2. The van der Waals surface area contributed by atoms with E-state index >= 15 is 0 Å². The molecule has 2 N–H and O–H groups in total. The van der Waals surface area contributed by atoms with Crippen LogP contribution in [0.1, 0.15) is 41.0 Å². The van der Waals surface area contributed by atoms with E-state index in [2.05, 4.69) is 15.6 Å². The molecule has 0 radical (unpaired) electrons. The molecule has 0 unspecified atom stereocenters. The van der Waals surface area contributed by atoms with Gasteiger partial charge in [0.25, 0.3) is 0 Å². The minimum absolute atomic E-state index is 0. The SMILES string of the molecule is CCCN(CCNC(=NC)NCCOCC)C(=O)OC(C)(C)C.I. The molecule has 0 atom stereocenters. The monoisotopic (exact) mass is 458 g/mol. The summed E-state index contributed by atoms with van der Waals surface area (Å²) in [6.45, 7) is 13.5. The van der Waals surface area contributed by atoms with Gasteiger partial charge in [0.2, 0.25) is 0 Å². The molecule has 0 saturated carbocycles. The summed E-state index contributed by atoms with van der Waals surface area (Å²) in [4.78, 5) is 18.0. The normalized spacial score (nSPS) is 11.5. The Morgan fingerprint density at radius 2 is 1.75 bits per heavy atom. The number of ether oxygens (including phenoxy) is 2. The molecule has 0 saturated heterocycles. The van der Waals surface area contributed by atoms with Crippen LogP contribution in [0.5, 0.6) is 0 Å². The molecule has 0 aromatic rings. The second kappa shape index (κ2) is 14.6. The third-order valence-corrected chi connectivity index (χ3v) is 2.79. The minimum Gasteiger partial charge on any atom is -0.444 e. The summed E-state index contributed by atoms with van der Waals surface area (Å²) in [6.07, 6.45) is 0.612. The number of hydrogen-bond acceptors (Lipinski definition) is 4. The van der Waals surface area contributed by atoms with Crippen molar-refractivity contribution < 1.29 is 14.3 Å². The summed E-state index contributed by atoms with van der Waals surface area (Å²) < 4.78 is 10.7. The number of nitrogens with one attached hydrogen (secondary N) is 2. The number of nitrogens with zero attached hydrogens (tertiary/aromatic N) is 2. The largest absolute Gasteiger partial charge is 0.444 e. The first-order chi connectivity index (χ1) is 10.8. The van der Waals surface area contributed by atoms with Crippen molar-refractivity contribution in [3.8, 4) is 0 Å². The number of carbonyl (C=O) groups is 1. The molecule has 8 heteroatoms. The van der Waals surface area contributed by atoms with E-state index < -0.39 is 5.60 Å². The average Bonchev–Trinajstić information content (AvgIpc) is 2.46. The maximum atomic E-state index is 12.2. The highest BCUT2D eigenvalue weighted by molar-refractivity contribution is 14.0. The van der Waals surface area contributed by atoms with E-state index in [0.29, 0.717) is 45.4 Å². The smallest absolute Gasteiger partial charge is 0.410 e. The summed E-state index contributed by atoms with van der Waals surface area (Å²) in [7, 11) is 1.72. The van der Waals surface area contributed by atoms with Crippen molar-refractivity contribution in [3.05, 3.63) is 0 Å². The van der Waals surface area contributed by atoms with Crippen LogP contribution in [-0.4, -0.2) is 69.0 Å². The lowest BCUT2D eigenvalue weighted by Gasteiger charge is -2.27. The molecule has 0 spiro atoms. The highest BCUT2D eigenvalue weighted by atomic mass is 127. The first-order valence-electron chi connectivity index (χ1n) is 8.34. The molecule has 0 bridgehead atoms. The van der Waals surface area contributed by atoms with Gasteiger partial charge in [-0.05, 0) is 34.1 Å². The Balaban J connectivity index is 0. The number of aliphatic imine (C=N–C) groups is 1. The zero-order valence-corrected chi connectivity index (χ0v) is 18.3. The van der Waals surface area contributed by atoms with Gasteiger partial charge in [-0.2, -0.15) is 0 Å². The second-order valence-electron chi connectivity index (χ2n) is 6.09. The van der Waals surface area contributed by atoms with Crippen molar-refractivity contribution >= 4 is 36.0 Å². The molecule has 0 aromatic carbocycles. The molecule has 24 heavy (non-hydrogen) atoms. The Labute approximate surface area is 164 Å². The lowest BCUT2D eigenvalue weighted by molar-refractivity contribution is 0.0253. The van der Waals surface area contributed by atoms with Crippen molar-refractivity contribution in [2.75, 3.05) is 46.4 Å². The minimum atomic E-state index is -0.479. The summed E-state index contributed by atoms with van der Waals surface area (Å²) >= 11 is 0. The van der Waals surface area contributed by atoms with Crippen LogP contribution in [0.4, 0.5) is 4.79 Å². The van der Waals surface area contributed by atoms with E-state index in [1.54, 1.807) is 11.9 Å². The lowest BCUT2D eigenvalue weighted by atomic mass is 10.2. The number of halogens is 1. The van der Waals surface area contributed by atoms with Crippen LogP contribution in [0.25, 0.3) is 0 Å². The molecule has 1 amide bonds. The van der Waals surface area contributed by atoms with Crippen LogP contribution in [-0.2, 0) is 9.47 Å². The predicted molar refractivity (Wildman–Crippen MR) is 109 cm³/mol. The molecule has 0 aliphatic heterocycles. The third kappa shape index (κ3) is 13.6. The zero-order valence-electron chi connectivity index (χ0n) is 16.0. The van der Waals surface area contributed by atoms with Crippen molar-refractivity contribution in [3.63, 3.8) is 0 Å². The second-order valence-corrected chi connectivity index (χ2v) is 6.09. The van der Waals surface area contributed by atoms with E-state index in [4.69, 9.17) is 9.47 Å². The van der Waals surface area contributed by atoms with Crippen LogP contribution in [0.2, 0.25) is 0 Å². The van der Waals surface area contributed by atoms with Crippen LogP contribution >= 0.6 is 24.0 Å². The Kier molecular flexibility index (Phi) is 15.5. The average molecular weight is 458 g/mol. The molecule has 7 nitrogen and oxygen atoms in total. The van der Waals surface area contributed by atoms with E-state index in [0.717, 1.165) is 6.42 Å². The Hall–Kier alpha value is -0.770. The summed E-state index contributed by atoms with van der Waals surface area (Å²) in [6, 6.07) is 0. The van der Waals surface area contributed by atoms with E-state index in [1.165, 1.54) is 0 Å². The molecule has 0 aliphatic rings. The van der Waals surface area contributed by atoms with E-state index in [9.17, 15) is 4.79 Å². The van der Waals surface area contributed by atoms with Crippen molar-refractivity contribution in [1.82, 2.24) is 15.5 Å². The highest BCUT2D eigenvalue weighted by Gasteiger charge is 2.21. The number of carbonyl (C=O) groups excluding carboxylic acids is 1. The standard InChI is InChI=1S/C16H34N4O3.HI/c1-7-11-20(15(21)23-16(3,4)5)12-9-18-14(17-6)19-10-13-22-8-2;/h7-13H2,1-6H3,(H2,17,18,19);1H. The summed E-state index contributed by atoms with van der Waals surface area (Å²) in [5.74, 6) is 0.699. The van der Waals surface area contributed by atoms with Gasteiger partial charge in [0.15, 0.2) is 5.96 Å². The first kappa shape index (κ1) is 25.5. The van der Waals surface area contributed by atoms with Gasteiger partial charge in [0.05, 0.1) is 6.61 Å². The molecule has 0 rings (SSSR count). The predicted octanol–water partition coefficient (Wildman–Crippen LogP) is 2.45. The first-order valence-corrected chi connectivity index (χ1v) is 8.34. The fraction of sp³-hybridized carbons (Fsp3) is 0.875. The van der Waals surface area contributed by atoms with Gasteiger partial charge in [0.1, 0.15) is 5.60 Å². The zero-order chi connectivity index (χ0) is 17.7. The topological polar surface area (TPSA) is 75.2 Å². The molecule has 144 valence electrons. The van der Waals surface area contributed by atoms with Crippen molar-refractivity contribution in [2.24, 2.45) is 4.99 Å². The van der Waals surface area contributed by atoms with Gasteiger partial charge in [-0.1, -0.05) is 6.92 Å². The number of guanidine groups is 1. The molecular weight excluding hydrogens is 423 g/mol. The van der Waals surface area contributed by atoms with E-state index in [-0.39, 0.29) is 30.1 Å². The van der Waals surface area contributed by atoms with Gasteiger partial charge < -0.3 is 25.0 Å². The molecule has 0 aliphatic carbocycles. The van der Waals surface area contributed by atoms with Crippen LogP contribution in [0, 0.1) is 0 Å². The van der Waals surface area contributed by atoms with Gasteiger partial charge in [-0.25, -0.2) is 4.79 Å². The quantitative estimate of drug-likeness (QED) is 0.240. The molecule has 0 fully saturated rings. The van der Waals surface area contributed by atoms with Crippen LogP contribution in [0.15, 0.2) is 4.99 Å². The molecule has 0 aromatic heterocycles. The molecular formula is C16H35IN4O3. The van der Waals surface area contributed by atoms with Gasteiger partial charge in [-0.15, -0.1) is 24.0 Å². The fourth-order valence-electron chi connectivity index (χ4n) is 1.81. The Morgan fingerprint density at radius 1 is 1.12 bits per heavy atom. The van der Waals surface area contributed by atoms with Crippen LogP contribution in [0.3, 0.4) is 0 Å². The Bertz CT molecular complexity index is 360. The van der Waals surface area contributed by atoms with Gasteiger partial charge in [0, 0.05) is 39.8 Å². The summed E-state index contributed by atoms with van der Waals surface area (Å²) in [5, 5.41) is 6.34. The van der Waals surface area contributed by atoms with Gasteiger partial charge in [-0.3, -0.25) is 4.99 Å². The number of hydrogen-bond donors (Lipinski definition) is 2. The Morgan fingerprint density at radius 3 is 2.25 bits per heavy atom. The number of amides is 1. The lowest BCUT2D eigenvalue weighted by Crippen LogP contribution is -2.45. The fourth-order valence-corrected chi connectivity index (χ4v) is 1.81. The van der Waals surface area contributed by atoms with Crippen molar-refractivity contribution in [2.45, 2.75) is 46.6 Å². The summed E-state index contributed by atoms with van der Waals surface area (Å²) in [5.41, 5.74) is -0.479.